The maximum Gasteiger partial charge on any atom is 0.223 e. The molecule has 1 saturated carbocycles. The molecule has 0 saturated heterocycles. The van der Waals surface area contributed by atoms with Crippen LogP contribution in [-0.4, -0.2) is 15.9 Å². The first-order valence-electron chi connectivity index (χ1n) is 5.40. The van der Waals surface area contributed by atoms with E-state index in [1.807, 2.05) is 0 Å². The average molecular weight is 240 g/mol. The van der Waals surface area contributed by atoms with Crippen LogP contribution in [0.5, 0.6) is 0 Å². The number of carbonyl (C=O) groups is 1. The van der Waals surface area contributed by atoms with Gasteiger partial charge in [0.25, 0.3) is 0 Å². The Hall–Kier alpha value is -1.16. The standard InChI is InChI=1S/C11H14ClN3O/c1-7-4-8(5-7)11(16)15-6-9-10(12)14-3-2-13-9/h2-3,7-8H,4-6H2,1H3,(H,15,16). The van der Waals surface area contributed by atoms with Gasteiger partial charge in [0.2, 0.25) is 5.91 Å². The molecule has 0 radical (unpaired) electrons. The zero-order chi connectivity index (χ0) is 11.5. The molecule has 1 aliphatic carbocycles. The third kappa shape index (κ3) is 2.50. The van der Waals surface area contributed by atoms with E-state index in [0.29, 0.717) is 23.3 Å². The van der Waals surface area contributed by atoms with E-state index in [0.717, 1.165) is 12.8 Å². The van der Waals surface area contributed by atoms with Gasteiger partial charge in [-0.15, -0.1) is 0 Å². The highest BCUT2D eigenvalue weighted by Crippen LogP contribution is 2.32. The second-order valence-corrected chi connectivity index (χ2v) is 4.64. The summed E-state index contributed by atoms with van der Waals surface area (Å²) in [5.41, 5.74) is 0.616. The quantitative estimate of drug-likeness (QED) is 0.875. The predicted molar refractivity (Wildman–Crippen MR) is 60.8 cm³/mol. The molecular formula is C11H14ClN3O. The molecule has 0 atom stereocenters. The lowest BCUT2D eigenvalue weighted by atomic mass is 9.76. The third-order valence-corrected chi connectivity index (χ3v) is 3.21. The van der Waals surface area contributed by atoms with E-state index in [2.05, 4.69) is 22.2 Å². The molecule has 1 aromatic rings. The van der Waals surface area contributed by atoms with Crippen molar-refractivity contribution in [1.82, 2.24) is 15.3 Å². The van der Waals surface area contributed by atoms with E-state index in [-0.39, 0.29) is 11.8 Å². The molecule has 86 valence electrons. The predicted octanol–water partition coefficient (Wildman–Crippen LogP) is 1.79. The average Bonchev–Trinajstić information content (AvgIpc) is 2.23. The van der Waals surface area contributed by atoms with E-state index in [4.69, 9.17) is 11.6 Å². The third-order valence-electron chi connectivity index (χ3n) is 2.90. The lowest BCUT2D eigenvalue weighted by Crippen LogP contribution is -2.37. The molecule has 0 unspecified atom stereocenters. The molecule has 0 bridgehead atoms. The van der Waals surface area contributed by atoms with E-state index in [1.54, 1.807) is 6.20 Å². The van der Waals surface area contributed by atoms with Crippen LogP contribution >= 0.6 is 11.6 Å². The van der Waals surface area contributed by atoms with E-state index in [9.17, 15) is 4.79 Å². The monoisotopic (exact) mass is 239 g/mol. The molecule has 4 nitrogen and oxygen atoms in total. The number of nitrogens with one attached hydrogen (secondary N) is 1. The van der Waals surface area contributed by atoms with Crippen LogP contribution in [0.2, 0.25) is 5.15 Å². The van der Waals surface area contributed by atoms with Crippen molar-refractivity contribution < 1.29 is 4.79 Å². The lowest BCUT2D eigenvalue weighted by Gasteiger charge is -2.31. The highest BCUT2D eigenvalue weighted by Gasteiger charge is 2.31. The van der Waals surface area contributed by atoms with Gasteiger partial charge < -0.3 is 5.32 Å². The fourth-order valence-corrected chi connectivity index (χ4v) is 2.07. The van der Waals surface area contributed by atoms with Gasteiger partial charge in [-0.1, -0.05) is 18.5 Å². The molecule has 5 heteroatoms. The van der Waals surface area contributed by atoms with Crippen LogP contribution in [0.3, 0.4) is 0 Å². The minimum atomic E-state index is 0.0971. The number of aromatic nitrogens is 2. The van der Waals surface area contributed by atoms with Crippen LogP contribution in [0.1, 0.15) is 25.5 Å². The molecule has 1 amide bonds. The first-order valence-corrected chi connectivity index (χ1v) is 5.77. The van der Waals surface area contributed by atoms with E-state index >= 15 is 0 Å². The van der Waals surface area contributed by atoms with Crippen LogP contribution in [0, 0.1) is 11.8 Å². The molecule has 0 spiro atoms. The number of nitrogens with zero attached hydrogens (tertiary/aromatic N) is 2. The van der Waals surface area contributed by atoms with Gasteiger partial charge in [-0.3, -0.25) is 9.78 Å². The van der Waals surface area contributed by atoms with E-state index < -0.39 is 0 Å². The Morgan fingerprint density at radius 3 is 2.81 bits per heavy atom. The Morgan fingerprint density at radius 1 is 1.50 bits per heavy atom. The molecule has 0 aliphatic heterocycles. The van der Waals surface area contributed by atoms with Crippen LogP contribution in [0.15, 0.2) is 12.4 Å². The van der Waals surface area contributed by atoms with Gasteiger partial charge in [0.15, 0.2) is 5.15 Å². The number of hydrogen-bond acceptors (Lipinski definition) is 3. The summed E-state index contributed by atoms with van der Waals surface area (Å²) in [6.07, 6.45) is 5.07. The summed E-state index contributed by atoms with van der Waals surface area (Å²) >= 11 is 5.83. The molecule has 1 aromatic heterocycles. The first-order chi connectivity index (χ1) is 7.66. The smallest absolute Gasteiger partial charge is 0.223 e. The summed E-state index contributed by atoms with van der Waals surface area (Å²) in [6, 6.07) is 0. The van der Waals surface area contributed by atoms with Crippen molar-refractivity contribution >= 4 is 17.5 Å². The van der Waals surface area contributed by atoms with Crippen LogP contribution in [0.25, 0.3) is 0 Å². The minimum Gasteiger partial charge on any atom is -0.350 e. The second-order valence-electron chi connectivity index (χ2n) is 4.29. The molecular weight excluding hydrogens is 226 g/mol. The molecule has 16 heavy (non-hydrogen) atoms. The molecule has 0 aromatic carbocycles. The summed E-state index contributed by atoms with van der Waals surface area (Å²) < 4.78 is 0. The minimum absolute atomic E-state index is 0.0971. The Bertz CT molecular complexity index is 391. The highest BCUT2D eigenvalue weighted by molar-refractivity contribution is 6.29. The Labute approximate surface area is 99.4 Å². The molecule has 2 rings (SSSR count). The SMILES string of the molecule is CC1CC(C(=O)NCc2nccnc2Cl)C1. The molecule has 1 aliphatic rings. The summed E-state index contributed by atoms with van der Waals surface area (Å²) in [4.78, 5) is 19.6. The van der Waals surface area contributed by atoms with Crippen molar-refractivity contribution in [3.05, 3.63) is 23.2 Å². The van der Waals surface area contributed by atoms with Crippen LogP contribution < -0.4 is 5.32 Å². The Kier molecular flexibility index (Phi) is 3.39. The van der Waals surface area contributed by atoms with Gasteiger partial charge in [-0.25, -0.2) is 4.98 Å². The normalized spacial score (nSPS) is 23.6. The fraction of sp³-hybridized carbons (Fsp3) is 0.545. The zero-order valence-electron chi connectivity index (χ0n) is 9.11. The second kappa shape index (κ2) is 4.78. The van der Waals surface area contributed by atoms with Gasteiger partial charge in [-0.05, 0) is 18.8 Å². The molecule has 1 heterocycles. The van der Waals surface area contributed by atoms with Crippen molar-refractivity contribution in [1.29, 1.82) is 0 Å². The van der Waals surface area contributed by atoms with Crippen molar-refractivity contribution in [3.63, 3.8) is 0 Å². The van der Waals surface area contributed by atoms with Gasteiger partial charge in [0.1, 0.15) is 0 Å². The summed E-state index contributed by atoms with van der Waals surface area (Å²) in [7, 11) is 0. The Balaban J connectivity index is 1.83. The summed E-state index contributed by atoms with van der Waals surface area (Å²) in [5, 5.41) is 3.19. The van der Waals surface area contributed by atoms with Gasteiger partial charge in [0.05, 0.1) is 12.2 Å². The maximum atomic E-state index is 11.7. The number of hydrogen-bond donors (Lipinski definition) is 1. The van der Waals surface area contributed by atoms with Crippen molar-refractivity contribution in [2.24, 2.45) is 11.8 Å². The molecule has 1 fully saturated rings. The highest BCUT2D eigenvalue weighted by atomic mass is 35.5. The Morgan fingerprint density at radius 2 is 2.19 bits per heavy atom. The number of amides is 1. The number of carbonyl (C=O) groups excluding carboxylic acids is 1. The maximum absolute atomic E-state index is 11.7. The van der Waals surface area contributed by atoms with Crippen LogP contribution in [-0.2, 0) is 11.3 Å². The lowest BCUT2D eigenvalue weighted by molar-refractivity contribution is -0.129. The number of halogens is 1. The van der Waals surface area contributed by atoms with Gasteiger partial charge >= 0.3 is 0 Å². The van der Waals surface area contributed by atoms with Crippen LogP contribution in [0.4, 0.5) is 0 Å². The summed E-state index contributed by atoms with van der Waals surface area (Å²) in [5.74, 6) is 0.945. The van der Waals surface area contributed by atoms with Crippen molar-refractivity contribution in [2.45, 2.75) is 26.3 Å². The number of rotatable bonds is 3. The zero-order valence-corrected chi connectivity index (χ0v) is 9.87. The molecule has 1 N–H and O–H groups in total. The fourth-order valence-electron chi connectivity index (χ4n) is 1.90. The van der Waals surface area contributed by atoms with Crippen molar-refractivity contribution in [3.8, 4) is 0 Å². The summed E-state index contributed by atoms with van der Waals surface area (Å²) in [6.45, 7) is 2.51. The topological polar surface area (TPSA) is 54.9 Å². The van der Waals surface area contributed by atoms with Crippen molar-refractivity contribution in [2.75, 3.05) is 0 Å². The van der Waals surface area contributed by atoms with Gasteiger partial charge in [0, 0.05) is 18.3 Å². The van der Waals surface area contributed by atoms with E-state index in [1.165, 1.54) is 6.20 Å². The van der Waals surface area contributed by atoms with Gasteiger partial charge in [-0.2, -0.15) is 0 Å². The first kappa shape index (κ1) is 11.3. The largest absolute Gasteiger partial charge is 0.350 e.